The summed E-state index contributed by atoms with van der Waals surface area (Å²) in [6.45, 7) is 12.0. The summed E-state index contributed by atoms with van der Waals surface area (Å²) in [7, 11) is 6.59. The number of hydrogen-bond acceptors (Lipinski definition) is 8. The minimum Gasteiger partial charge on any atom is -0.493 e. The zero-order valence-corrected chi connectivity index (χ0v) is 32.4. The Kier molecular flexibility index (Phi) is 11.4. The highest BCUT2D eigenvalue weighted by Gasteiger charge is 2.61. The van der Waals surface area contributed by atoms with Crippen molar-refractivity contribution >= 4 is 11.9 Å². The number of carbonyl (C=O) groups is 2. The third-order valence-electron chi connectivity index (χ3n) is 13.0. The molecule has 0 aromatic heterocycles. The van der Waals surface area contributed by atoms with Gasteiger partial charge in [0.25, 0.3) is 0 Å². The fraction of sp³-hybridized carbons (Fsp3) is 0.667. The number of methoxy groups -OCH3 is 4. The van der Waals surface area contributed by atoms with Crippen LogP contribution in [0.4, 0.5) is 0 Å². The van der Waals surface area contributed by atoms with Gasteiger partial charge in [-0.3, -0.25) is 19.4 Å². The van der Waals surface area contributed by atoms with Crippen molar-refractivity contribution in [1.29, 1.82) is 0 Å². The van der Waals surface area contributed by atoms with Crippen molar-refractivity contribution in [3.8, 4) is 23.0 Å². The number of piperidine rings is 2. The van der Waals surface area contributed by atoms with E-state index >= 15 is 0 Å². The fourth-order valence-electron chi connectivity index (χ4n) is 11.0. The molecule has 10 nitrogen and oxygen atoms in total. The fourth-order valence-corrected chi connectivity index (χ4v) is 11.0. The van der Waals surface area contributed by atoms with E-state index in [9.17, 15) is 19.8 Å². The molecule has 286 valence electrons. The maximum atomic E-state index is 14.4. The smallest absolute Gasteiger partial charge is 0.310 e. The molecule has 6 rings (SSSR count). The average molecular weight is 721 g/mol. The second-order valence-corrected chi connectivity index (χ2v) is 16.7. The van der Waals surface area contributed by atoms with Crippen molar-refractivity contribution in [3.63, 3.8) is 0 Å². The maximum Gasteiger partial charge on any atom is 0.310 e. The molecule has 0 amide bonds. The Morgan fingerprint density at radius 3 is 1.40 bits per heavy atom. The van der Waals surface area contributed by atoms with Crippen LogP contribution in [0, 0.1) is 40.9 Å². The van der Waals surface area contributed by atoms with E-state index < -0.39 is 23.8 Å². The topological polar surface area (TPSA) is 118 Å². The monoisotopic (exact) mass is 720 g/mol. The first-order chi connectivity index (χ1) is 24.8. The standard InChI is InChI=1S/C42H60N2O8/c1-24(2)13-28-22-43-11-9-26-15-36(49-5)38(51-7)17-30(26)34(43)19-32(28)42(41(47)48,21-40(45)46)33-20-35-31-18-39(52-8)37(50-6)16-27(31)10-12-44(35)23-29(33)14-25(3)4/h15-18,24-25,28-29,32-35H,9-14,19-23H2,1-8H3,(H,45,46)(H,47,48)/t28-,29-,32+,33+,34+,35+/m0/s1. The second kappa shape index (κ2) is 15.5. The molecule has 0 unspecified atom stereocenters. The van der Waals surface area contributed by atoms with Gasteiger partial charge in [0.2, 0.25) is 0 Å². The molecule has 6 atom stereocenters. The number of nitrogens with zero attached hydrogens (tertiary/aromatic N) is 2. The van der Waals surface area contributed by atoms with Crippen molar-refractivity contribution in [2.75, 3.05) is 54.6 Å². The Morgan fingerprint density at radius 2 is 1.08 bits per heavy atom. The molecular weight excluding hydrogens is 660 g/mol. The highest BCUT2D eigenvalue weighted by atomic mass is 16.5. The third kappa shape index (κ3) is 6.97. The van der Waals surface area contributed by atoms with E-state index in [1.165, 1.54) is 11.1 Å². The molecule has 0 spiro atoms. The lowest BCUT2D eigenvalue weighted by Crippen LogP contribution is -2.60. The number of aliphatic carboxylic acids is 2. The molecular formula is C42H60N2O8. The summed E-state index contributed by atoms with van der Waals surface area (Å²) in [5.41, 5.74) is 3.19. The minimum absolute atomic E-state index is 0.0362. The average Bonchev–Trinajstić information content (AvgIpc) is 3.11. The molecule has 2 fully saturated rings. The summed E-state index contributed by atoms with van der Waals surface area (Å²) in [5, 5.41) is 22.6. The lowest BCUT2D eigenvalue weighted by molar-refractivity contribution is -0.180. The Bertz CT molecular complexity index is 1520. The van der Waals surface area contributed by atoms with Crippen LogP contribution in [0.5, 0.6) is 23.0 Å². The van der Waals surface area contributed by atoms with Gasteiger partial charge in [-0.05, 0) is 121 Å². The number of fused-ring (bicyclic) bond motifs is 6. The van der Waals surface area contributed by atoms with E-state index in [-0.39, 0.29) is 35.8 Å². The SMILES string of the molecule is COc1cc2c(cc1OC)[C@H]1C[C@@H](C(CC(=O)O)(C(=O)O)[C@@H]3C[C@@H]4c5cc(OC)c(OC)cc5CCN4C[C@@H]3CC(C)C)[C@@H](CC(C)C)CN1CC2. The molecule has 2 aromatic carbocycles. The maximum absolute atomic E-state index is 14.4. The zero-order chi connectivity index (χ0) is 37.5. The summed E-state index contributed by atoms with van der Waals surface area (Å²) < 4.78 is 22.9. The predicted octanol–water partition coefficient (Wildman–Crippen LogP) is 7.13. The van der Waals surface area contributed by atoms with Crippen molar-refractivity contribution in [3.05, 3.63) is 46.5 Å². The molecule has 0 radical (unpaired) electrons. The van der Waals surface area contributed by atoms with Crippen molar-refractivity contribution in [1.82, 2.24) is 9.80 Å². The van der Waals surface area contributed by atoms with Crippen LogP contribution in [-0.4, -0.2) is 86.6 Å². The zero-order valence-electron chi connectivity index (χ0n) is 32.4. The van der Waals surface area contributed by atoms with E-state index in [4.69, 9.17) is 18.9 Å². The van der Waals surface area contributed by atoms with Gasteiger partial charge in [0.15, 0.2) is 23.0 Å². The molecule has 0 saturated carbocycles. The van der Waals surface area contributed by atoms with E-state index in [0.717, 1.165) is 63.0 Å². The van der Waals surface area contributed by atoms with Crippen LogP contribution < -0.4 is 18.9 Å². The van der Waals surface area contributed by atoms with Crippen molar-refractivity contribution in [2.45, 2.75) is 84.7 Å². The van der Waals surface area contributed by atoms with E-state index in [2.05, 4.69) is 61.8 Å². The molecule has 2 N–H and O–H groups in total. The molecule has 4 aliphatic heterocycles. The van der Waals surface area contributed by atoms with Gasteiger partial charge in [-0.25, -0.2) is 0 Å². The third-order valence-corrected chi connectivity index (χ3v) is 13.0. The van der Waals surface area contributed by atoms with Gasteiger partial charge in [-0.1, -0.05) is 27.7 Å². The van der Waals surface area contributed by atoms with Gasteiger partial charge in [0.1, 0.15) is 0 Å². The lowest BCUT2D eigenvalue weighted by Gasteiger charge is -2.58. The largest absolute Gasteiger partial charge is 0.493 e. The lowest BCUT2D eigenvalue weighted by atomic mass is 9.51. The van der Waals surface area contributed by atoms with Gasteiger partial charge in [-0.2, -0.15) is 0 Å². The van der Waals surface area contributed by atoms with Gasteiger partial charge in [0, 0.05) is 38.3 Å². The predicted molar refractivity (Wildman–Crippen MR) is 200 cm³/mol. The Balaban J connectivity index is 1.51. The Morgan fingerprint density at radius 1 is 0.692 bits per heavy atom. The van der Waals surface area contributed by atoms with Gasteiger partial charge >= 0.3 is 11.9 Å². The molecule has 4 heterocycles. The number of carboxylic acids is 2. The summed E-state index contributed by atoms with van der Waals surface area (Å²) in [6, 6.07) is 8.21. The van der Waals surface area contributed by atoms with Crippen molar-refractivity contribution in [2.24, 2.45) is 40.9 Å². The quantitative estimate of drug-likeness (QED) is 0.221. The van der Waals surface area contributed by atoms with Gasteiger partial charge < -0.3 is 29.2 Å². The van der Waals surface area contributed by atoms with Crippen LogP contribution in [0.3, 0.4) is 0 Å². The minimum atomic E-state index is -1.47. The van der Waals surface area contributed by atoms with Gasteiger partial charge in [0.05, 0.1) is 40.3 Å². The first kappa shape index (κ1) is 38.2. The summed E-state index contributed by atoms with van der Waals surface area (Å²) in [5.74, 6) is 0.760. The van der Waals surface area contributed by atoms with Crippen LogP contribution in [0.15, 0.2) is 24.3 Å². The molecule has 2 aromatic rings. The molecule has 4 aliphatic rings. The van der Waals surface area contributed by atoms with E-state index in [1.54, 1.807) is 28.4 Å². The number of ether oxygens (including phenoxy) is 4. The first-order valence-corrected chi connectivity index (χ1v) is 19.3. The van der Waals surface area contributed by atoms with Crippen LogP contribution in [-0.2, 0) is 22.4 Å². The number of carboxylic acid groups (broad SMARTS) is 2. The number of hydrogen-bond donors (Lipinski definition) is 2. The van der Waals surface area contributed by atoms with Crippen molar-refractivity contribution < 1.29 is 38.7 Å². The first-order valence-electron chi connectivity index (χ1n) is 19.3. The summed E-state index contributed by atoms with van der Waals surface area (Å²) >= 11 is 0. The number of benzene rings is 2. The van der Waals surface area contributed by atoms with Crippen LogP contribution in [0.2, 0.25) is 0 Å². The number of rotatable bonds is 13. The van der Waals surface area contributed by atoms with E-state index in [1.807, 2.05) is 0 Å². The molecule has 52 heavy (non-hydrogen) atoms. The Hall–Kier alpha value is -3.50. The molecule has 2 saturated heterocycles. The highest BCUT2D eigenvalue weighted by Crippen LogP contribution is 2.60. The molecule has 10 heteroatoms. The molecule has 0 bridgehead atoms. The summed E-state index contributed by atoms with van der Waals surface area (Å²) in [6.07, 6.45) is 4.21. The van der Waals surface area contributed by atoms with Crippen LogP contribution >= 0.6 is 0 Å². The van der Waals surface area contributed by atoms with Crippen LogP contribution in [0.1, 0.15) is 94.1 Å². The van der Waals surface area contributed by atoms with Gasteiger partial charge in [-0.15, -0.1) is 0 Å². The Labute approximate surface area is 309 Å². The summed E-state index contributed by atoms with van der Waals surface area (Å²) in [4.78, 5) is 32.7. The normalized spacial score (nSPS) is 26.2. The van der Waals surface area contributed by atoms with Crippen LogP contribution in [0.25, 0.3) is 0 Å². The van der Waals surface area contributed by atoms with E-state index in [0.29, 0.717) is 47.7 Å². The molecule has 0 aliphatic carbocycles. The highest BCUT2D eigenvalue weighted by molar-refractivity contribution is 5.82. The second-order valence-electron chi connectivity index (χ2n) is 16.7.